The van der Waals surface area contributed by atoms with Crippen LogP contribution in [0.5, 0.6) is 0 Å². The Hall–Kier alpha value is -3.20. The first-order chi connectivity index (χ1) is 18.1. The number of amides is 2. The van der Waals surface area contributed by atoms with E-state index in [0.717, 1.165) is 15.4 Å². The lowest BCUT2D eigenvalue weighted by atomic mass is 10.0. The summed E-state index contributed by atoms with van der Waals surface area (Å²) in [6.07, 6.45) is 0.289. The Labute approximate surface area is 230 Å². The van der Waals surface area contributed by atoms with Gasteiger partial charge in [-0.3, -0.25) is 9.59 Å². The Bertz CT molecular complexity index is 1300. The lowest BCUT2D eigenvalue weighted by molar-refractivity contribution is -0.141. The molecule has 3 aromatic carbocycles. The third kappa shape index (κ3) is 8.15. The molecule has 7 nitrogen and oxygen atoms in total. The summed E-state index contributed by atoms with van der Waals surface area (Å²) in [7, 11) is -2.60. The quantitative estimate of drug-likeness (QED) is 0.359. The summed E-state index contributed by atoms with van der Waals surface area (Å²) in [5.41, 5.74) is 1.73. The molecule has 0 saturated heterocycles. The van der Waals surface area contributed by atoms with Gasteiger partial charge < -0.3 is 10.2 Å². The minimum Gasteiger partial charge on any atom is -0.354 e. The number of halogens is 1. The van der Waals surface area contributed by atoms with Gasteiger partial charge in [0.25, 0.3) is 0 Å². The molecular formula is C29H34ClN3O4S. The molecule has 0 heterocycles. The topological polar surface area (TPSA) is 86.8 Å². The van der Waals surface area contributed by atoms with Crippen LogP contribution in [0.2, 0.25) is 5.02 Å². The highest BCUT2D eigenvalue weighted by molar-refractivity contribution is 7.89. The van der Waals surface area contributed by atoms with E-state index in [1.807, 2.05) is 74.5 Å². The number of benzene rings is 3. The molecule has 0 aromatic heterocycles. The van der Waals surface area contributed by atoms with E-state index in [1.165, 1.54) is 36.2 Å². The van der Waals surface area contributed by atoms with Crippen LogP contribution in [0.4, 0.5) is 0 Å². The normalized spacial score (nSPS) is 12.4. The van der Waals surface area contributed by atoms with Crippen molar-refractivity contribution >= 4 is 33.4 Å². The van der Waals surface area contributed by atoms with Gasteiger partial charge in [0.1, 0.15) is 6.04 Å². The van der Waals surface area contributed by atoms with E-state index in [0.29, 0.717) is 11.6 Å². The van der Waals surface area contributed by atoms with E-state index in [4.69, 9.17) is 11.6 Å². The molecule has 1 N–H and O–H groups in total. The molecule has 0 saturated carbocycles. The van der Waals surface area contributed by atoms with Crippen molar-refractivity contribution in [2.75, 3.05) is 20.1 Å². The van der Waals surface area contributed by atoms with Crippen molar-refractivity contribution in [3.63, 3.8) is 0 Å². The second kappa shape index (κ2) is 13.6. The monoisotopic (exact) mass is 555 g/mol. The van der Waals surface area contributed by atoms with Crippen molar-refractivity contribution in [2.45, 2.75) is 37.8 Å². The van der Waals surface area contributed by atoms with Gasteiger partial charge in [-0.1, -0.05) is 86.1 Å². The van der Waals surface area contributed by atoms with Crippen molar-refractivity contribution in [1.82, 2.24) is 14.5 Å². The number of nitrogens with zero attached hydrogens (tertiary/aromatic N) is 2. The molecule has 0 aliphatic rings. The van der Waals surface area contributed by atoms with Crippen LogP contribution >= 0.6 is 11.6 Å². The summed E-state index contributed by atoms with van der Waals surface area (Å²) in [6.45, 7) is 4.18. The predicted molar refractivity (Wildman–Crippen MR) is 150 cm³/mol. The summed E-state index contributed by atoms with van der Waals surface area (Å²) in [4.78, 5) is 28.8. The maximum Gasteiger partial charge on any atom is 0.243 e. The Morgan fingerprint density at radius 1 is 0.868 bits per heavy atom. The molecule has 0 fully saturated rings. The molecule has 0 spiro atoms. The number of hydrogen-bond donors (Lipinski definition) is 1. The van der Waals surface area contributed by atoms with Gasteiger partial charge in [-0.15, -0.1) is 0 Å². The van der Waals surface area contributed by atoms with Crippen LogP contribution in [0.25, 0.3) is 0 Å². The summed E-state index contributed by atoms with van der Waals surface area (Å²) >= 11 is 5.91. The molecule has 0 aliphatic heterocycles. The molecule has 202 valence electrons. The van der Waals surface area contributed by atoms with E-state index in [9.17, 15) is 18.0 Å². The van der Waals surface area contributed by atoms with Crippen LogP contribution < -0.4 is 5.32 Å². The van der Waals surface area contributed by atoms with Crippen LogP contribution in [0, 0.1) is 5.92 Å². The lowest BCUT2D eigenvalue weighted by Gasteiger charge is -2.33. The van der Waals surface area contributed by atoms with Gasteiger partial charge in [-0.25, -0.2) is 8.42 Å². The number of carbonyl (C=O) groups is 2. The summed E-state index contributed by atoms with van der Waals surface area (Å²) in [5, 5.41) is 3.37. The minimum absolute atomic E-state index is 0.0299. The SMILES string of the molecule is CC(C)CNC(=O)C(Cc1ccccc1)N(Cc1ccccc1)C(=O)CN(C)S(=O)(=O)c1ccc(Cl)cc1. The summed E-state index contributed by atoms with van der Waals surface area (Å²) in [6, 6.07) is 23.8. The second-order valence-corrected chi connectivity index (χ2v) is 12.0. The molecular weight excluding hydrogens is 522 g/mol. The number of rotatable bonds is 12. The number of hydrogen-bond acceptors (Lipinski definition) is 4. The van der Waals surface area contributed by atoms with Crippen molar-refractivity contribution in [1.29, 1.82) is 0 Å². The van der Waals surface area contributed by atoms with Gasteiger partial charge in [0.2, 0.25) is 21.8 Å². The van der Waals surface area contributed by atoms with Crippen LogP contribution in [0.1, 0.15) is 25.0 Å². The maximum absolute atomic E-state index is 13.8. The van der Waals surface area contributed by atoms with Crippen molar-refractivity contribution in [2.24, 2.45) is 5.92 Å². The second-order valence-electron chi connectivity index (χ2n) is 9.57. The standard InChI is InChI=1S/C29H34ClN3O4S/c1-22(2)19-31-29(35)27(18-23-10-6-4-7-11-23)33(20-24-12-8-5-9-13-24)28(34)21-32(3)38(36,37)26-16-14-25(30)15-17-26/h4-17,22,27H,18-21H2,1-3H3,(H,31,35). The van der Waals surface area contributed by atoms with Crippen LogP contribution in [-0.4, -0.2) is 55.6 Å². The first kappa shape index (κ1) is 29.4. The number of likely N-dealkylation sites (N-methyl/N-ethyl adjacent to an activating group) is 1. The average Bonchev–Trinajstić information content (AvgIpc) is 2.90. The fourth-order valence-electron chi connectivity index (χ4n) is 3.91. The Morgan fingerprint density at radius 3 is 1.97 bits per heavy atom. The van der Waals surface area contributed by atoms with E-state index in [2.05, 4.69) is 5.32 Å². The van der Waals surface area contributed by atoms with Gasteiger partial charge in [0.15, 0.2) is 0 Å². The maximum atomic E-state index is 13.8. The largest absolute Gasteiger partial charge is 0.354 e. The molecule has 1 atom stereocenters. The number of sulfonamides is 1. The molecule has 38 heavy (non-hydrogen) atoms. The predicted octanol–water partition coefficient (Wildman–Crippen LogP) is 4.37. The molecule has 1 unspecified atom stereocenters. The van der Waals surface area contributed by atoms with Crippen LogP contribution in [0.15, 0.2) is 89.8 Å². The highest BCUT2D eigenvalue weighted by atomic mass is 35.5. The highest BCUT2D eigenvalue weighted by Crippen LogP contribution is 2.19. The average molecular weight is 556 g/mol. The fourth-order valence-corrected chi connectivity index (χ4v) is 5.16. The number of carbonyl (C=O) groups excluding carboxylic acids is 2. The Balaban J connectivity index is 1.94. The van der Waals surface area contributed by atoms with Gasteiger partial charge in [-0.05, 0) is 41.3 Å². The first-order valence-corrected chi connectivity index (χ1v) is 14.3. The van der Waals surface area contributed by atoms with Gasteiger partial charge in [0, 0.05) is 31.6 Å². The van der Waals surface area contributed by atoms with E-state index in [1.54, 1.807) is 0 Å². The van der Waals surface area contributed by atoms with Crippen LogP contribution in [0.3, 0.4) is 0 Å². The highest BCUT2D eigenvalue weighted by Gasteiger charge is 2.33. The molecule has 0 bridgehead atoms. The number of nitrogens with one attached hydrogen (secondary N) is 1. The van der Waals surface area contributed by atoms with Gasteiger partial charge >= 0.3 is 0 Å². The zero-order chi connectivity index (χ0) is 27.7. The van der Waals surface area contributed by atoms with Crippen LogP contribution in [-0.2, 0) is 32.6 Å². The molecule has 0 aliphatic carbocycles. The third-order valence-electron chi connectivity index (χ3n) is 6.03. The van der Waals surface area contributed by atoms with Gasteiger partial charge in [-0.2, -0.15) is 4.31 Å². The van der Waals surface area contributed by atoms with E-state index >= 15 is 0 Å². The first-order valence-electron chi connectivity index (χ1n) is 12.4. The lowest BCUT2D eigenvalue weighted by Crippen LogP contribution is -2.53. The zero-order valence-corrected chi connectivity index (χ0v) is 23.5. The fraction of sp³-hybridized carbons (Fsp3) is 0.310. The molecule has 2 amide bonds. The molecule has 0 radical (unpaired) electrons. The van der Waals surface area contributed by atoms with E-state index in [-0.39, 0.29) is 29.7 Å². The summed E-state index contributed by atoms with van der Waals surface area (Å²) < 4.78 is 27.3. The van der Waals surface area contributed by atoms with Crippen molar-refractivity contribution < 1.29 is 18.0 Å². The Kier molecular flexibility index (Phi) is 10.5. The third-order valence-corrected chi connectivity index (χ3v) is 8.10. The smallest absolute Gasteiger partial charge is 0.243 e. The Morgan fingerprint density at radius 2 is 1.42 bits per heavy atom. The molecule has 9 heteroatoms. The zero-order valence-electron chi connectivity index (χ0n) is 21.9. The molecule has 3 aromatic rings. The van der Waals surface area contributed by atoms with Gasteiger partial charge in [0.05, 0.1) is 11.4 Å². The van der Waals surface area contributed by atoms with Crippen molar-refractivity contribution in [3.05, 3.63) is 101 Å². The van der Waals surface area contributed by atoms with E-state index < -0.39 is 28.5 Å². The minimum atomic E-state index is -3.96. The van der Waals surface area contributed by atoms with Crippen molar-refractivity contribution in [3.8, 4) is 0 Å². The summed E-state index contributed by atoms with van der Waals surface area (Å²) in [5.74, 6) is -0.533. The molecule has 3 rings (SSSR count).